The van der Waals surface area contributed by atoms with Gasteiger partial charge in [-0.1, -0.05) is 29.0 Å². The van der Waals surface area contributed by atoms with Crippen molar-refractivity contribution in [3.63, 3.8) is 0 Å². The van der Waals surface area contributed by atoms with Crippen molar-refractivity contribution in [1.29, 1.82) is 5.26 Å². The number of rotatable bonds is 7. The lowest BCUT2D eigenvalue weighted by atomic mass is 10.2. The normalized spacial score (nSPS) is 13.4. The van der Waals surface area contributed by atoms with Gasteiger partial charge in [-0.05, 0) is 58.5 Å². The van der Waals surface area contributed by atoms with E-state index in [1.54, 1.807) is 18.0 Å². The van der Waals surface area contributed by atoms with E-state index in [1.165, 1.54) is 10.4 Å². The molecule has 0 atom stereocenters. The first-order chi connectivity index (χ1) is 16.8. The predicted octanol–water partition coefficient (Wildman–Crippen LogP) is 3.11. The molecule has 1 N–H and O–H groups in total. The Balaban J connectivity index is 1.21. The zero-order valence-electron chi connectivity index (χ0n) is 18.2. The molecule has 10 nitrogen and oxygen atoms in total. The maximum Gasteiger partial charge on any atom is 0.253 e. The Bertz CT molecular complexity index is 1280. The van der Waals surface area contributed by atoms with Crippen LogP contribution in [0, 0.1) is 11.3 Å². The Kier molecular flexibility index (Phi) is 6.60. The highest BCUT2D eigenvalue weighted by molar-refractivity contribution is 7.99. The van der Waals surface area contributed by atoms with Crippen LogP contribution in [0.3, 0.4) is 0 Å². The van der Waals surface area contributed by atoms with Crippen molar-refractivity contribution < 1.29 is 4.74 Å². The molecule has 0 spiro atoms. The number of hydrogen-bond acceptors (Lipinski definition) is 10. The van der Waals surface area contributed by atoms with Gasteiger partial charge in [0, 0.05) is 35.6 Å². The Morgan fingerprint density at radius 2 is 1.82 bits per heavy atom. The first kappa shape index (κ1) is 21.8. The number of nitrogens with zero attached hydrogens (tertiary/aromatic N) is 8. The molecule has 2 aromatic carbocycles. The summed E-state index contributed by atoms with van der Waals surface area (Å²) in [6.45, 7) is 3.79. The molecule has 1 aliphatic rings. The van der Waals surface area contributed by atoms with E-state index in [9.17, 15) is 0 Å². The Labute approximate surface area is 200 Å². The summed E-state index contributed by atoms with van der Waals surface area (Å²) in [6.07, 6.45) is 1.75. The first-order valence-electron chi connectivity index (χ1n) is 10.7. The third-order valence-electron chi connectivity index (χ3n) is 5.24. The number of benzene rings is 2. The van der Waals surface area contributed by atoms with Crippen molar-refractivity contribution in [2.75, 3.05) is 36.5 Å². The quantitative estimate of drug-likeness (QED) is 0.403. The average Bonchev–Trinajstić information content (AvgIpc) is 3.33. The van der Waals surface area contributed by atoms with Crippen molar-refractivity contribution >= 4 is 29.1 Å². The van der Waals surface area contributed by atoms with Crippen LogP contribution in [0.1, 0.15) is 11.4 Å². The first-order valence-corrected chi connectivity index (χ1v) is 11.5. The molecule has 0 unspecified atom stereocenters. The topological polar surface area (TPSA) is 118 Å². The number of tetrazole rings is 1. The van der Waals surface area contributed by atoms with Crippen molar-refractivity contribution in [2.45, 2.75) is 16.5 Å². The van der Waals surface area contributed by atoms with E-state index in [1.807, 2.05) is 48.5 Å². The van der Waals surface area contributed by atoms with Crippen LogP contribution in [-0.2, 0) is 11.3 Å². The number of morpholine rings is 1. The summed E-state index contributed by atoms with van der Waals surface area (Å²) < 4.78 is 6.89. The highest BCUT2D eigenvalue weighted by Crippen LogP contribution is 2.27. The fourth-order valence-electron chi connectivity index (χ4n) is 3.51. The fourth-order valence-corrected chi connectivity index (χ4v) is 4.29. The average molecular weight is 472 g/mol. The lowest BCUT2D eigenvalue weighted by Crippen LogP contribution is -2.36. The zero-order valence-corrected chi connectivity index (χ0v) is 19.0. The van der Waals surface area contributed by atoms with Crippen LogP contribution in [0.25, 0.3) is 0 Å². The summed E-state index contributed by atoms with van der Waals surface area (Å²) >= 11 is 1.55. The number of ether oxygens (including phenoxy) is 1. The van der Waals surface area contributed by atoms with Crippen LogP contribution in [0.4, 0.5) is 17.3 Å². The number of anilines is 3. The van der Waals surface area contributed by atoms with Crippen LogP contribution in [0.2, 0.25) is 0 Å². The molecule has 0 radical (unpaired) electrons. The lowest BCUT2D eigenvalue weighted by Gasteiger charge is -2.28. The molecule has 34 heavy (non-hydrogen) atoms. The van der Waals surface area contributed by atoms with E-state index in [0.29, 0.717) is 12.5 Å². The van der Waals surface area contributed by atoms with Crippen LogP contribution < -0.4 is 10.2 Å². The number of nitriles is 1. The van der Waals surface area contributed by atoms with Gasteiger partial charge in [-0.2, -0.15) is 5.26 Å². The molecular formula is C23H21N9OS. The van der Waals surface area contributed by atoms with Crippen LogP contribution in [-0.4, -0.2) is 56.5 Å². The third kappa shape index (κ3) is 5.31. The van der Waals surface area contributed by atoms with Gasteiger partial charge in [0.05, 0.1) is 19.8 Å². The predicted molar refractivity (Wildman–Crippen MR) is 127 cm³/mol. The molecule has 0 aliphatic carbocycles. The van der Waals surface area contributed by atoms with Crippen molar-refractivity contribution in [1.82, 2.24) is 30.2 Å². The van der Waals surface area contributed by atoms with Crippen LogP contribution in [0.15, 0.2) is 70.7 Å². The summed E-state index contributed by atoms with van der Waals surface area (Å²) in [7, 11) is 0. The second-order valence-corrected chi connectivity index (χ2v) is 8.60. The molecule has 3 heterocycles. The van der Waals surface area contributed by atoms with Gasteiger partial charge in [0.1, 0.15) is 11.1 Å². The summed E-state index contributed by atoms with van der Waals surface area (Å²) in [5.74, 6) is 0.735. The van der Waals surface area contributed by atoms with Gasteiger partial charge in [-0.15, -0.1) is 0 Å². The van der Waals surface area contributed by atoms with Gasteiger partial charge in [-0.3, -0.25) is 0 Å². The second kappa shape index (κ2) is 10.3. The van der Waals surface area contributed by atoms with E-state index in [4.69, 9.17) is 10.00 Å². The van der Waals surface area contributed by atoms with E-state index < -0.39 is 0 Å². The molecule has 0 saturated carbocycles. The van der Waals surface area contributed by atoms with Crippen LogP contribution >= 0.6 is 11.8 Å². The van der Waals surface area contributed by atoms with Gasteiger partial charge in [-0.25, -0.2) is 14.6 Å². The molecule has 1 aliphatic heterocycles. The molecular weight excluding hydrogens is 450 g/mol. The summed E-state index contributed by atoms with van der Waals surface area (Å²) in [6, 6.07) is 20.1. The molecule has 2 aromatic heterocycles. The molecule has 1 saturated heterocycles. The van der Waals surface area contributed by atoms with E-state index >= 15 is 0 Å². The van der Waals surface area contributed by atoms with Crippen molar-refractivity contribution in [2.24, 2.45) is 0 Å². The maximum absolute atomic E-state index is 9.04. The Morgan fingerprint density at radius 3 is 2.59 bits per heavy atom. The number of aromatic nitrogens is 6. The fraction of sp³-hybridized carbons (Fsp3) is 0.217. The molecule has 1 fully saturated rings. The van der Waals surface area contributed by atoms with Crippen LogP contribution in [0.5, 0.6) is 0 Å². The van der Waals surface area contributed by atoms with Gasteiger partial charge in [0.2, 0.25) is 5.95 Å². The Hall–Kier alpha value is -4.01. The molecule has 4 aromatic rings. The SMILES string of the molecule is N#Cc1nnnn1Cc1ccc(Sc2ccnc(Nc3ccc(N4CCOCC4)cc3)n2)cc1. The summed E-state index contributed by atoms with van der Waals surface area (Å²) in [4.78, 5) is 12.3. The molecule has 170 valence electrons. The smallest absolute Gasteiger partial charge is 0.253 e. The van der Waals surface area contributed by atoms with E-state index in [0.717, 1.165) is 47.5 Å². The molecule has 5 rings (SSSR count). The van der Waals surface area contributed by atoms with Gasteiger partial charge >= 0.3 is 0 Å². The summed E-state index contributed by atoms with van der Waals surface area (Å²) in [5.41, 5.74) is 3.12. The van der Waals surface area contributed by atoms with Gasteiger partial charge < -0.3 is 15.0 Å². The number of hydrogen-bond donors (Lipinski definition) is 1. The largest absolute Gasteiger partial charge is 0.378 e. The highest BCUT2D eigenvalue weighted by Gasteiger charge is 2.11. The van der Waals surface area contributed by atoms with Crippen molar-refractivity contribution in [3.8, 4) is 6.07 Å². The summed E-state index contributed by atoms with van der Waals surface area (Å²) in [5, 5.41) is 24.2. The minimum Gasteiger partial charge on any atom is -0.378 e. The molecule has 0 amide bonds. The Morgan fingerprint density at radius 1 is 1.03 bits per heavy atom. The maximum atomic E-state index is 9.04. The van der Waals surface area contributed by atoms with E-state index in [2.05, 4.69) is 47.8 Å². The second-order valence-electron chi connectivity index (χ2n) is 7.51. The van der Waals surface area contributed by atoms with Crippen molar-refractivity contribution in [3.05, 3.63) is 72.2 Å². The molecule has 11 heteroatoms. The zero-order chi connectivity index (χ0) is 23.2. The third-order valence-corrected chi connectivity index (χ3v) is 6.18. The minimum absolute atomic E-state index is 0.190. The minimum atomic E-state index is 0.190. The highest BCUT2D eigenvalue weighted by atomic mass is 32.2. The number of nitrogens with one attached hydrogen (secondary N) is 1. The van der Waals surface area contributed by atoms with E-state index in [-0.39, 0.29) is 5.82 Å². The van der Waals surface area contributed by atoms with Gasteiger partial charge in [0.25, 0.3) is 5.82 Å². The van der Waals surface area contributed by atoms with Gasteiger partial charge in [0.15, 0.2) is 0 Å². The molecule has 0 bridgehead atoms. The monoisotopic (exact) mass is 471 g/mol. The lowest BCUT2D eigenvalue weighted by molar-refractivity contribution is 0.122. The standard InChI is InChI=1S/C23H21N9OS/c24-15-21-28-29-30-32(21)16-17-1-7-20(8-2-17)34-22-9-10-25-23(27-22)26-18-3-5-19(6-4-18)31-11-13-33-14-12-31/h1-10H,11-14,16H2,(H,25,26,27).